The largest absolute Gasteiger partial charge is 0.492 e. The zero-order chi connectivity index (χ0) is 14.3. The predicted octanol–water partition coefficient (Wildman–Crippen LogP) is 1.06. The quantitative estimate of drug-likeness (QED) is 0.749. The molecule has 0 aromatic heterocycles. The summed E-state index contributed by atoms with van der Waals surface area (Å²) in [6.45, 7) is 4.56. The fourth-order valence-corrected chi connectivity index (χ4v) is 1.54. The van der Waals surface area contributed by atoms with Crippen LogP contribution in [0.2, 0.25) is 0 Å². The fraction of sp³-hybridized carbons (Fsp3) is 0.500. The lowest BCUT2D eigenvalue weighted by atomic mass is 10.3. The molecule has 106 valence electrons. The minimum atomic E-state index is 0.106. The Hall–Kier alpha value is -1.75. The predicted molar refractivity (Wildman–Crippen MR) is 77.2 cm³/mol. The van der Waals surface area contributed by atoms with Gasteiger partial charge in [0.05, 0.1) is 6.54 Å². The van der Waals surface area contributed by atoms with Crippen LogP contribution in [0.3, 0.4) is 0 Å². The van der Waals surface area contributed by atoms with Gasteiger partial charge in [0.2, 0.25) is 5.91 Å². The van der Waals surface area contributed by atoms with Crippen LogP contribution in [0.15, 0.2) is 24.3 Å². The van der Waals surface area contributed by atoms with Crippen molar-refractivity contribution in [3.8, 4) is 5.75 Å². The molecule has 19 heavy (non-hydrogen) atoms. The molecule has 0 unspecified atom stereocenters. The van der Waals surface area contributed by atoms with Gasteiger partial charge in [-0.3, -0.25) is 9.69 Å². The summed E-state index contributed by atoms with van der Waals surface area (Å²) in [5, 5.41) is 0. The van der Waals surface area contributed by atoms with Crippen LogP contribution in [-0.4, -0.2) is 56.0 Å². The van der Waals surface area contributed by atoms with Gasteiger partial charge < -0.3 is 15.4 Å². The molecule has 0 radical (unpaired) electrons. The second-order valence-corrected chi connectivity index (χ2v) is 4.57. The number of hydrogen-bond acceptors (Lipinski definition) is 4. The first kappa shape index (κ1) is 15.3. The van der Waals surface area contributed by atoms with Crippen molar-refractivity contribution in [2.75, 3.05) is 46.1 Å². The molecule has 5 nitrogen and oxygen atoms in total. The van der Waals surface area contributed by atoms with Gasteiger partial charge in [-0.2, -0.15) is 0 Å². The highest BCUT2D eigenvalue weighted by molar-refractivity contribution is 5.77. The Kier molecular flexibility index (Phi) is 6.15. The van der Waals surface area contributed by atoms with E-state index in [4.69, 9.17) is 10.5 Å². The molecule has 0 aliphatic carbocycles. The van der Waals surface area contributed by atoms with Crippen molar-refractivity contribution in [3.63, 3.8) is 0 Å². The summed E-state index contributed by atoms with van der Waals surface area (Å²) in [6, 6.07) is 7.30. The maximum atomic E-state index is 11.6. The molecule has 0 fully saturated rings. The van der Waals surface area contributed by atoms with Crippen LogP contribution in [0.25, 0.3) is 0 Å². The molecule has 0 bridgehead atoms. The zero-order valence-corrected chi connectivity index (χ0v) is 11.9. The van der Waals surface area contributed by atoms with Crippen LogP contribution in [0, 0.1) is 0 Å². The summed E-state index contributed by atoms with van der Waals surface area (Å²) < 4.78 is 5.61. The molecule has 1 aromatic rings. The van der Waals surface area contributed by atoms with Gasteiger partial charge >= 0.3 is 0 Å². The number of nitrogens with two attached hydrogens (primary N) is 1. The highest BCUT2D eigenvalue weighted by atomic mass is 16.5. The third-order valence-corrected chi connectivity index (χ3v) is 2.86. The van der Waals surface area contributed by atoms with E-state index >= 15 is 0 Å². The van der Waals surface area contributed by atoms with E-state index in [1.54, 1.807) is 19.0 Å². The number of benzene rings is 1. The Morgan fingerprint density at radius 2 is 1.89 bits per heavy atom. The number of nitrogens with zero attached hydrogens (tertiary/aromatic N) is 2. The minimum Gasteiger partial charge on any atom is -0.492 e. The summed E-state index contributed by atoms with van der Waals surface area (Å²) in [5.41, 5.74) is 6.32. The summed E-state index contributed by atoms with van der Waals surface area (Å²) in [7, 11) is 3.53. The number of carbonyl (C=O) groups is 1. The van der Waals surface area contributed by atoms with Gasteiger partial charge in [0.15, 0.2) is 0 Å². The van der Waals surface area contributed by atoms with E-state index in [0.717, 1.165) is 24.5 Å². The van der Waals surface area contributed by atoms with Gasteiger partial charge in [0.25, 0.3) is 0 Å². The topological polar surface area (TPSA) is 58.8 Å². The first-order valence-electron chi connectivity index (χ1n) is 6.43. The summed E-state index contributed by atoms with van der Waals surface area (Å²) in [6.07, 6.45) is 0. The second kappa shape index (κ2) is 7.63. The van der Waals surface area contributed by atoms with E-state index in [0.29, 0.717) is 13.2 Å². The Balaban J connectivity index is 2.33. The lowest BCUT2D eigenvalue weighted by molar-refractivity contribution is -0.129. The first-order chi connectivity index (χ1) is 9.02. The first-order valence-corrected chi connectivity index (χ1v) is 6.43. The Labute approximate surface area is 114 Å². The maximum Gasteiger partial charge on any atom is 0.236 e. The van der Waals surface area contributed by atoms with E-state index in [-0.39, 0.29) is 5.91 Å². The van der Waals surface area contributed by atoms with Crippen molar-refractivity contribution in [2.45, 2.75) is 6.92 Å². The standard InChI is InChI=1S/C14H23N3O2/c1-4-17(11-14(18)16(2)3)9-10-19-13-7-5-12(15)6-8-13/h5-8H,4,9-11,15H2,1-3H3. The lowest BCUT2D eigenvalue weighted by Crippen LogP contribution is -2.38. The highest BCUT2D eigenvalue weighted by Gasteiger charge is 2.10. The Bertz CT molecular complexity index is 390. The van der Waals surface area contributed by atoms with E-state index in [2.05, 4.69) is 4.90 Å². The molecule has 2 N–H and O–H groups in total. The Morgan fingerprint density at radius 1 is 1.26 bits per heavy atom. The number of rotatable bonds is 7. The number of hydrogen-bond donors (Lipinski definition) is 1. The number of amides is 1. The van der Waals surface area contributed by atoms with Crippen molar-refractivity contribution < 1.29 is 9.53 Å². The van der Waals surface area contributed by atoms with Crippen LogP contribution in [0.1, 0.15) is 6.92 Å². The third kappa shape index (κ3) is 5.61. The van der Waals surface area contributed by atoms with Crippen LogP contribution in [0.5, 0.6) is 5.75 Å². The van der Waals surface area contributed by atoms with Gasteiger partial charge in [-0.1, -0.05) is 6.92 Å². The van der Waals surface area contributed by atoms with Gasteiger partial charge in [0.1, 0.15) is 12.4 Å². The molecule has 0 atom stereocenters. The van der Waals surface area contributed by atoms with Gasteiger partial charge in [-0.15, -0.1) is 0 Å². The molecular formula is C14H23N3O2. The van der Waals surface area contributed by atoms with Gasteiger partial charge in [-0.05, 0) is 30.8 Å². The van der Waals surface area contributed by atoms with E-state index in [9.17, 15) is 4.79 Å². The number of ether oxygens (including phenoxy) is 1. The molecule has 1 aromatic carbocycles. The number of likely N-dealkylation sites (N-methyl/N-ethyl adjacent to an activating group) is 2. The lowest BCUT2D eigenvalue weighted by Gasteiger charge is -2.21. The number of nitrogen functional groups attached to an aromatic ring is 1. The minimum absolute atomic E-state index is 0.106. The number of carbonyl (C=O) groups excluding carboxylic acids is 1. The smallest absolute Gasteiger partial charge is 0.236 e. The van der Waals surface area contributed by atoms with Crippen molar-refractivity contribution in [3.05, 3.63) is 24.3 Å². The van der Waals surface area contributed by atoms with E-state index in [1.807, 2.05) is 31.2 Å². The van der Waals surface area contributed by atoms with Gasteiger partial charge in [-0.25, -0.2) is 0 Å². The Morgan fingerprint density at radius 3 is 2.42 bits per heavy atom. The van der Waals surface area contributed by atoms with Gasteiger partial charge in [0, 0.05) is 26.3 Å². The van der Waals surface area contributed by atoms with Crippen molar-refractivity contribution in [1.29, 1.82) is 0 Å². The van der Waals surface area contributed by atoms with Crippen LogP contribution >= 0.6 is 0 Å². The van der Waals surface area contributed by atoms with Crippen LogP contribution < -0.4 is 10.5 Å². The van der Waals surface area contributed by atoms with Crippen LogP contribution in [0.4, 0.5) is 5.69 Å². The average Bonchev–Trinajstić information content (AvgIpc) is 2.39. The monoisotopic (exact) mass is 265 g/mol. The molecule has 0 saturated carbocycles. The van der Waals surface area contributed by atoms with E-state index < -0.39 is 0 Å². The summed E-state index contributed by atoms with van der Waals surface area (Å²) >= 11 is 0. The maximum absolute atomic E-state index is 11.6. The molecule has 1 amide bonds. The highest BCUT2D eigenvalue weighted by Crippen LogP contribution is 2.12. The summed E-state index contributed by atoms with van der Waals surface area (Å²) in [5.74, 6) is 0.901. The van der Waals surface area contributed by atoms with E-state index in [1.165, 1.54) is 0 Å². The van der Waals surface area contributed by atoms with Crippen LogP contribution in [-0.2, 0) is 4.79 Å². The zero-order valence-electron chi connectivity index (χ0n) is 11.9. The third-order valence-electron chi connectivity index (χ3n) is 2.86. The molecule has 1 rings (SSSR count). The van der Waals surface area contributed by atoms with Crippen molar-refractivity contribution >= 4 is 11.6 Å². The average molecular weight is 265 g/mol. The molecule has 0 heterocycles. The molecule has 5 heteroatoms. The summed E-state index contributed by atoms with van der Waals surface area (Å²) in [4.78, 5) is 15.3. The van der Waals surface area contributed by atoms with Crippen molar-refractivity contribution in [1.82, 2.24) is 9.80 Å². The number of anilines is 1. The molecule has 0 aliphatic heterocycles. The molecule has 0 spiro atoms. The fourth-order valence-electron chi connectivity index (χ4n) is 1.54. The SMILES string of the molecule is CCN(CCOc1ccc(N)cc1)CC(=O)N(C)C. The molecule has 0 aliphatic rings. The normalized spacial score (nSPS) is 10.5. The molecule has 0 saturated heterocycles. The second-order valence-electron chi connectivity index (χ2n) is 4.57. The molecular weight excluding hydrogens is 242 g/mol. The van der Waals surface area contributed by atoms with Crippen molar-refractivity contribution in [2.24, 2.45) is 0 Å².